The van der Waals surface area contributed by atoms with Crippen LogP contribution in [0.15, 0.2) is 41.1 Å². The molecule has 0 fully saturated rings. The van der Waals surface area contributed by atoms with Gasteiger partial charge in [0.15, 0.2) is 0 Å². The molecule has 0 unspecified atom stereocenters. The van der Waals surface area contributed by atoms with Gasteiger partial charge in [0.1, 0.15) is 11.6 Å². The molecule has 0 aliphatic carbocycles. The molecule has 0 radical (unpaired) electrons. The van der Waals surface area contributed by atoms with Gasteiger partial charge in [0.25, 0.3) is 0 Å². The summed E-state index contributed by atoms with van der Waals surface area (Å²) in [5.41, 5.74) is 1.24. The first-order valence-electron chi connectivity index (χ1n) is 5.67. The van der Waals surface area contributed by atoms with Gasteiger partial charge in [-0.1, -0.05) is 6.07 Å². The van der Waals surface area contributed by atoms with Crippen LogP contribution in [0.5, 0.6) is 0 Å². The maximum Gasteiger partial charge on any atom is 0.125 e. The first kappa shape index (κ1) is 12.0. The molecule has 0 aliphatic heterocycles. The standard InChI is InChI=1S/C13H16N2OS/c1-2-14-13-6-5-11(8-15-13)9-17-10-12-4-3-7-16-12/h3-8H,2,9-10H2,1H3,(H,14,15). The normalized spacial score (nSPS) is 10.4. The van der Waals surface area contributed by atoms with Crippen molar-refractivity contribution in [2.45, 2.75) is 18.4 Å². The smallest absolute Gasteiger partial charge is 0.125 e. The summed E-state index contributed by atoms with van der Waals surface area (Å²) in [6, 6.07) is 8.05. The number of anilines is 1. The summed E-state index contributed by atoms with van der Waals surface area (Å²) in [5, 5.41) is 3.18. The van der Waals surface area contributed by atoms with Gasteiger partial charge in [-0.3, -0.25) is 0 Å². The quantitative estimate of drug-likeness (QED) is 0.848. The van der Waals surface area contributed by atoms with Gasteiger partial charge in [-0.25, -0.2) is 4.98 Å². The van der Waals surface area contributed by atoms with Crippen LogP contribution in [0.3, 0.4) is 0 Å². The lowest BCUT2D eigenvalue weighted by Gasteiger charge is -2.03. The third-order valence-electron chi connectivity index (χ3n) is 2.28. The highest BCUT2D eigenvalue weighted by molar-refractivity contribution is 7.97. The van der Waals surface area contributed by atoms with Gasteiger partial charge >= 0.3 is 0 Å². The van der Waals surface area contributed by atoms with Gasteiger partial charge in [0.2, 0.25) is 0 Å². The highest BCUT2D eigenvalue weighted by Gasteiger charge is 1.98. The Balaban J connectivity index is 1.79. The molecule has 2 heterocycles. The molecule has 2 aromatic heterocycles. The molecule has 0 saturated carbocycles. The number of aromatic nitrogens is 1. The second-order valence-electron chi connectivity index (χ2n) is 3.65. The molecular weight excluding hydrogens is 232 g/mol. The van der Waals surface area contributed by atoms with Crippen LogP contribution in [0.2, 0.25) is 0 Å². The number of rotatable bonds is 6. The van der Waals surface area contributed by atoms with E-state index in [-0.39, 0.29) is 0 Å². The molecule has 2 rings (SSSR count). The molecule has 90 valence electrons. The minimum absolute atomic E-state index is 0.902. The second kappa shape index (κ2) is 6.35. The number of furan rings is 1. The second-order valence-corrected chi connectivity index (χ2v) is 4.64. The summed E-state index contributed by atoms with van der Waals surface area (Å²) in [6.45, 7) is 2.97. The summed E-state index contributed by atoms with van der Waals surface area (Å²) in [5.74, 6) is 3.82. The molecule has 17 heavy (non-hydrogen) atoms. The number of hydrogen-bond acceptors (Lipinski definition) is 4. The molecule has 0 aliphatic rings. The van der Waals surface area contributed by atoms with E-state index in [0.717, 1.165) is 29.6 Å². The van der Waals surface area contributed by atoms with Crippen molar-refractivity contribution in [1.29, 1.82) is 0 Å². The average Bonchev–Trinajstić information content (AvgIpc) is 2.85. The Morgan fingerprint density at radius 2 is 2.24 bits per heavy atom. The van der Waals surface area contributed by atoms with Crippen LogP contribution in [0, 0.1) is 0 Å². The number of nitrogens with zero attached hydrogens (tertiary/aromatic N) is 1. The van der Waals surface area contributed by atoms with Crippen molar-refractivity contribution in [3.63, 3.8) is 0 Å². The fraction of sp³-hybridized carbons (Fsp3) is 0.308. The Kier molecular flexibility index (Phi) is 4.50. The predicted molar refractivity (Wildman–Crippen MR) is 72.1 cm³/mol. The summed E-state index contributed by atoms with van der Waals surface area (Å²) in [7, 11) is 0. The van der Waals surface area contributed by atoms with Crippen LogP contribution in [0.25, 0.3) is 0 Å². The maximum atomic E-state index is 5.28. The zero-order chi connectivity index (χ0) is 11.9. The fourth-order valence-corrected chi connectivity index (χ4v) is 2.33. The Bertz CT molecular complexity index is 425. The summed E-state index contributed by atoms with van der Waals surface area (Å²) in [4.78, 5) is 4.34. The molecular formula is C13H16N2OS. The lowest BCUT2D eigenvalue weighted by Crippen LogP contribution is -1.98. The summed E-state index contributed by atoms with van der Waals surface area (Å²) < 4.78 is 5.28. The molecule has 4 heteroatoms. The van der Waals surface area contributed by atoms with Crippen LogP contribution >= 0.6 is 11.8 Å². The Hall–Kier alpha value is -1.42. The van der Waals surface area contributed by atoms with Gasteiger partial charge < -0.3 is 9.73 Å². The first-order valence-corrected chi connectivity index (χ1v) is 6.83. The molecule has 0 atom stereocenters. The van der Waals surface area contributed by atoms with Crippen LogP contribution < -0.4 is 5.32 Å². The minimum Gasteiger partial charge on any atom is -0.468 e. The molecule has 0 spiro atoms. The number of thioether (sulfide) groups is 1. The number of nitrogens with one attached hydrogen (secondary N) is 1. The molecule has 1 N–H and O–H groups in total. The van der Waals surface area contributed by atoms with Gasteiger partial charge in [0.05, 0.1) is 12.0 Å². The van der Waals surface area contributed by atoms with E-state index in [0.29, 0.717) is 0 Å². The SMILES string of the molecule is CCNc1ccc(CSCc2ccco2)cn1. The van der Waals surface area contributed by atoms with E-state index in [4.69, 9.17) is 4.42 Å². The van der Waals surface area contributed by atoms with Gasteiger partial charge in [0, 0.05) is 18.5 Å². The van der Waals surface area contributed by atoms with Crippen LogP contribution in [-0.4, -0.2) is 11.5 Å². The van der Waals surface area contributed by atoms with Crippen LogP contribution in [0.1, 0.15) is 18.2 Å². The number of pyridine rings is 1. The molecule has 0 bridgehead atoms. The molecule has 2 aromatic rings. The first-order chi connectivity index (χ1) is 8.38. The zero-order valence-electron chi connectivity index (χ0n) is 9.85. The highest BCUT2D eigenvalue weighted by Crippen LogP contribution is 2.18. The summed E-state index contributed by atoms with van der Waals surface area (Å²) >= 11 is 1.83. The van der Waals surface area contributed by atoms with Crippen molar-refractivity contribution >= 4 is 17.6 Å². The van der Waals surface area contributed by atoms with Crippen LogP contribution in [-0.2, 0) is 11.5 Å². The van der Waals surface area contributed by atoms with Crippen molar-refractivity contribution in [2.24, 2.45) is 0 Å². The third-order valence-corrected chi connectivity index (χ3v) is 3.30. The van der Waals surface area contributed by atoms with Gasteiger partial charge in [-0.05, 0) is 30.7 Å². The zero-order valence-corrected chi connectivity index (χ0v) is 10.7. The monoisotopic (exact) mass is 248 g/mol. The molecule has 0 aromatic carbocycles. The van der Waals surface area contributed by atoms with Crippen molar-refractivity contribution in [1.82, 2.24) is 4.98 Å². The largest absolute Gasteiger partial charge is 0.468 e. The van der Waals surface area contributed by atoms with E-state index in [1.54, 1.807) is 6.26 Å². The van der Waals surface area contributed by atoms with Crippen molar-refractivity contribution < 1.29 is 4.42 Å². The Labute approximate surface area is 106 Å². The topological polar surface area (TPSA) is 38.1 Å². The van der Waals surface area contributed by atoms with E-state index in [9.17, 15) is 0 Å². The van der Waals surface area contributed by atoms with E-state index >= 15 is 0 Å². The fourth-order valence-electron chi connectivity index (χ4n) is 1.46. The van der Waals surface area contributed by atoms with Crippen molar-refractivity contribution in [2.75, 3.05) is 11.9 Å². The Morgan fingerprint density at radius 3 is 2.88 bits per heavy atom. The van der Waals surface area contributed by atoms with Crippen molar-refractivity contribution in [3.8, 4) is 0 Å². The van der Waals surface area contributed by atoms with Gasteiger partial charge in [-0.2, -0.15) is 0 Å². The molecule has 0 saturated heterocycles. The highest BCUT2D eigenvalue weighted by atomic mass is 32.2. The van der Waals surface area contributed by atoms with Crippen molar-refractivity contribution in [3.05, 3.63) is 48.0 Å². The summed E-state index contributed by atoms with van der Waals surface area (Å²) in [6.07, 6.45) is 3.63. The predicted octanol–water partition coefficient (Wildman–Crippen LogP) is 3.54. The molecule has 3 nitrogen and oxygen atoms in total. The van der Waals surface area contributed by atoms with E-state index < -0.39 is 0 Å². The lowest BCUT2D eigenvalue weighted by molar-refractivity contribution is 0.530. The van der Waals surface area contributed by atoms with E-state index in [1.165, 1.54) is 5.56 Å². The van der Waals surface area contributed by atoms with E-state index in [2.05, 4.69) is 23.3 Å². The average molecular weight is 248 g/mol. The molecule has 0 amide bonds. The van der Waals surface area contributed by atoms with E-state index in [1.807, 2.05) is 36.2 Å². The van der Waals surface area contributed by atoms with Gasteiger partial charge in [-0.15, -0.1) is 11.8 Å². The minimum atomic E-state index is 0.902. The maximum absolute atomic E-state index is 5.28. The number of hydrogen-bond donors (Lipinski definition) is 1. The third kappa shape index (κ3) is 3.82. The Morgan fingerprint density at radius 1 is 1.29 bits per heavy atom. The lowest BCUT2D eigenvalue weighted by atomic mass is 10.3. The van der Waals surface area contributed by atoms with Crippen LogP contribution in [0.4, 0.5) is 5.82 Å².